The monoisotopic (exact) mass is 604 g/mol. The number of hydrogen-bond donors (Lipinski definition) is 0. The molecule has 0 radical (unpaired) electrons. The van der Waals surface area contributed by atoms with Crippen molar-refractivity contribution in [2.24, 2.45) is 23.7 Å². The van der Waals surface area contributed by atoms with Gasteiger partial charge in [-0.1, -0.05) is 96.1 Å². The average molecular weight is 606 g/mol. The number of allylic oxidation sites excluding steroid dienone is 8. The standard InChI is InChI=1S/C32H45BrO2S2/c1-7-26-13-14-27(36-26)12-11-25-21-30(34-6)29(17-15-28-16-18-31(33)37-28)24(5)32(25)35-20-19-23(4)10-8-9-22(2)3/h7,11-13,15,17-18,21-24,27-29H,1,8-10,14,16,19-20H2,2-6H3/b12-11+,17-15+. The van der Waals surface area contributed by atoms with Gasteiger partial charge in [0.15, 0.2) is 0 Å². The lowest BCUT2D eigenvalue weighted by Gasteiger charge is -2.31. The molecule has 2 aliphatic heterocycles. The third-order valence-corrected chi connectivity index (χ3v) is 10.5. The lowest BCUT2D eigenvalue weighted by Crippen LogP contribution is -2.23. The van der Waals surface area contributed by atoms with E-state index in [4.69, 9.17) is 9.47 Å². The molecule has 0 amide bonds. The Balaban J connectivity index is 1.73. The zero-order valence-electron chi connectivity index (χ0n) is 23.3. The Hall–Kier alpha value is -1.04. The van der Waals surface area contributed by atoms with Gasteiger partial charge in [-0.3, -0.25) is 0 Å². The summed E-state index contributed by atoms with van der Waals surface area (Å²) in [7, 11) is 1.79. The van der Waals surface area contributed by atoms with E-state index in [0.29, 0.717) is 16.4 Å². The summed E-state index contributed by atoms with van der Waals surface area (Å²) in [5, 5.41) is 0.923. The molecule has 5 unspecified atom stereocenters. The van der Waals surface area contributed by atoms with Crippen molar-refractivity contribution in [2.75, 3.05) is 13.7 Å². The molecule has 0 saturated heterocycles. The minimum Gasteiger partial charge on any atom is -0.500 e. The van der Waals surface area contributed by atoms with Crippen molar-refractivity contribution in [2.45, 2.75) is 76.7 Å². The maximum Gasteiger partial charge on any atom is 0.107 e. The third-order valence-electron chi connectivity index (χ3n) is 7.28. The Morgan fingerprint density at radius 3 is 2.46 bits per heavy atom. The first kappa shape index (κ1) is 30.5. The first-order chi connectivity index (χ1) is 17.8. The van der Waals surface area contributed by atoms with Crippen LogP contribution in [-0.2, 0) is 9.47 Å². The summed E-state index contributed by atoms with van der Waals surface area (Å²) < 4.78 is 13.8. The fourth-order valence-electron chi connectivity index (χ4n) is 4.96. The summed E-state index contributed by atoms with van der Waals surface area (Å²) in [5.41, 5.74) is 1.15. The zero-order chi connectivity index (χ0) is 26.8. The van der Waals surface area contributed by atoms with Gasteiger partial charge in [0.25, 0.3) is 0 Å². The van der Waals surface area contributed by atoms with Crippen LogP contribution in [0, 0.1) is 23.7 Å². The maximum atomic E-state index is 6.61. The minimum atomic E-state index is 0.176. The molecule has 2 nitrogen and oxygen atoms in total. The number of ether oxygens (including phenoxy) is 2. The molecule has 0 saturated carbocycles. The predicted octanol–water partition coefficient (Wildman–Crippen LogP) is 10.3. The van der Waals surface area contributed by atoms with Gasteiger partial charge in [-0.2, -0.15) is 0 Å². The summed E-state index contributed by atoms with van der Waals surface area (Å²) in [5.74, 6) is 3.97. The van der Waals surface area contributed by atoms with Crippen LogP contribution in [0.2, 0.25) is 0 Å². The molecule has 0 bridgehead atoms. The van der Waals surface area contributed by atoms with E-state index in [1.165, 1.54) is 28.0 Å². The molecule has 3 aliphatic rings. The Morgan fingerprint density at radius 2 is 1.81 bits per heavy atom. The molecular weight excluding hydrogens is 560 g/mol. The Morgan fingerprint density at radius 1 is 1.05 bits per heavy atom. The van der Waals surface area contributed by atoms with Crippen molar-refractivity contribution in [3.8, 4) is 0 Å². The van der Waals surface area contributed by atoms with Gasteiger partial charge < -0.3 is 9.47 Å². The lowest BCUT2D eigenvalue weighted by molar-refractivity contribution is 0.137. The molecular formula is C32H45BrO2S2. The van der Waals surface area contributed by atoms with E-state index in [-0.39, 0.29) is 11.8 Å². The van der Waals surface area contributed by atoms with Crippen LogP contribution in [0.15, 0.2) is 81.0 Å². The van der Waals surface area contributed by atoms with Crippen molar-refractivity contribution < 1.29 is 9.47 Å². The SMILES string of the molecule is C=CC1=CCC(/C=C/C2=C(OCCC(C)CCCC(C)C)C(C)C(/C=C/C3CC=C(Br)S3)C(OC)=C2)S1. The number of hydrogen-bond acceptors (Lipinski definition) is 4. The Labute approximate surface area is 243 Å². The average Bonchev–Trinajstić information content (AvgIpc) is 3.51. The number of halogens is 1. The maximum absolute atomic E-state index is 6.61. The molecule has 0 N–H and O–H groups in total. The van der Waals surface area contributed by atoms with Gasteiger partial charge in [0.2, 0.25) is 0 Å². The van der Waals surface area contributed by atoms with Gasteiger partial charge in [0.05, 0.1) is 13.7 Å². The molecule has 1 aliphatic carbocycles. The molecule has 0 aromatic rings. The van der Waals surface area contributed by atoms with Crippen LogP contribution < -0.4 is 0 Å². The van der Waals surface area contributed by atoms with Crippen LogP contribution in [0.5, 0.6) is 0 Å². The first-order valence-corrected chi connectivity index (χ1v) is 16.4. The summed E-state index contributed by atoms with van der Waals surface area (Å²) in [4.78, 5) is 1.27. The number of thioether (sulfide) groups is 2. The summed E-state index contributed by atoms with van der Waals surface area (Å²) in [6.45, 7) is 14.0. The fraction of sp³-hybridized carbons (Fsp3) is 0.562. The fourth-order valence-corrected chi connectivity index (χ4v) is 7.70. The van der Waals surface area contributed by atoms with Crippen LogP contribution in [0.4, 0.5) is 0 Å². The number of methoxy groups -OCH3 is 1. The second-order valence-electron chi connectivity index (χ2n) is 10.8. The van der Waals surface area contributed by atoms with Crippen molar-refractivity contribution >= 4 is 39.5 Å². The first-order valence-electron chi connectivity index (χ1n) is 13.8. The van der Waals surface area contributed by atoms with Crippen LogP contribution in [0.1, 0.15) is 66.2 Å². The van der Waals surface area contributed by atoms with E-state index >= 15 is 0 Å². The van der Waals surface area contributed by atoms with Gasteiger partial charge in [-0.15, -0.1) is 23.5 Å². The second-order valence-corrected chi connectivity index (χ2v) is 14.8. The van der Waals surface area contributed by atoms with Crippen molar-refractivity contribution in [1.29, 1.82) is 0 Å². The third kappa shape index (κ3) is 9.58. The summed E-state index contributed by atoms with van der Waals surface area (Å²) in [6, 6.07) is 0. The smallest absolute Gasteiger partial charge is 0.107 e. The Kier molecular flexibility index (Phi) is 12.8. The van der Waals surface area contributed by atoms with E-state index in [9.17, 15) is 0 Å². The molecule has 0 aromatic carbocycles. The van der Waals surface area contributed by atoms with Gasteiger partial charge in [0, 0.05) is 36.6 Å². The topological polar surface area (TPSA) is 18.5 Å². The van der Waals surface area contributed by atoms with E-state index in [0.717, 1.165) is 48.9 Å². The second kappa shape index (κ2) is 15.5. The van der Waals surface area contributed by atoms with Gasteiger partial charge in [0.1, 0.15) is 11.5 Å². The van der Waals surface area contributed by atoms with Crippen LogP contribution in [-0.4, -0.2) is 24.2 Å². The molecule has 0 fully saturated rings. The molecule has 0 aromatic heterocycles. The van der Waals surface area contributed by atoms with E-state index in [2.05, 4.69) is 92.7 Å². The highest BCUT2D eigenvalue weighted by Gasteiger charge is 2.31. The van der Waals surface area contributed by atoms with E-state index in [1.54, 1.807) is 7.11 Å². The molecule has 5 heteroatoms. The highest BCUT2D eigenvalue weighted by Crippen LogP contribution is 2.41. The largest absolute Gasteiger partial charge is 0.500 e. The minimum absolute atomic E-state index is 0.176. The van der Waals surface area contributed by atoms with E-state index in [1.807, 2.05) is 29.6 Å². The van der Waals surface area contributed by atoms with E-state index < -0.39 is 0 Å². The van der Waals surface area contributed by atoms with Crippen LogP contribution in [0.3, 0.4) is 0 Å². The van der Waals surface area contributed by atoms with Gasteiger partial charge in [-0.25, -0.2) is 0 Å². The van der Waals surface area contributed by atoms with Crippen molar-refractivity contribution in [1.82, 2.24) is 0 Å². The summed E-state index contributed by atoms with van der Waals surface area (Å²) >= 11 is 7.38. The quantitative estimate of drug-likeness (QED) is 0.183. The van der Waals surface area contributed by atoms with Crippen LogP contribution in [0.25, 0.3) is 0 Å². The Bertz CT molecular complexity index is 956. The van der Waals surface area contributed by atoms with Crippen molar-refractivity contribution in [3.05, 3.63) is 81.0 Å². The lowest BCUT2D eigenvalue weighted by atomic mass is 9.82. The normalized spacial score (nSPS) is 27.2. The van der Waals surface area contributed by atoms with Gasteiger partial charge in [-0.05, 0) is 53.1 Å². The molecule has 2 heterocycles. The molecule has 37 heavy (non-hydrogen) atoms. The van der Waals surface area contributed by atoms with Gasteiger partial charge >= 0.3 is 0 Å². The molecule has 0 spiro atoms. The summed E-state index contributed by atoms with van der Waals surface area (Å²) in [6.07, 6.45) is 25.0. The van der Waals surface area contributed by atoms with Crippen molar-refractivity contribution in [3.63, 3.8) is 0 Å². The highest BCUT2D eigenvalue weighted by atomic mass is 79.9. The molecule has 5 atom stereocenters. The molecule has 204 valence electrons. The van der Waals surface area contributed by atoms with Crippen LogP contribution >= 0.6 is 39.5 Å². The predicted molar refractivity (Wildman–Crippen MR) is 169 cm³/mol. The molecule has 3 rings (SSSR count). The highest BCUT2D eigenvalue weighted by molar-refractivity contribution is 9.14. The zero-order valence-corrected chi connectivity index (χ0v) is 26.5. The number of rotatable bonds is 14.